The first kappa shape index (κ1) is 29.5. The van der Waals surface area contributed by atoms with Gasteiger partial charge < -0.3 is 5.32 Å². The Morgan fingerprint density at radius 2 is 1.30 bits per heavy atom. The molecule has 3 rings (SSSR count). The van der Waals surface area contributed by atoms with Crippen LogP contribution in [0.2, 0.25) is 0 Å². The Hall–Kier alpha value is -2.08. The van der Waals surface area contributed by atoms with Gasteiger partial charge in [-0.25, -0.2) is 0 Å². The number of unbranched alkanes of at least 4 members (excludes halogenated alkanes) is 3. The lowest BCUT2D eigenvalue weighted by Gasteiger charge is -2.35. The summed E-state index contributed by atoms with van der Waals surface area (Å²) in [6, 6.07) is 32.2. The van der Waals surface area contributed by atoms with Gasteiger partial charge in [-0.15, -0.1) is 11.8 Å². The summed E-state index contributed by atoms with van der Waals surface area (Å²) < 4.78 is -0.349. The van der Waals surface area contributed by atoms with Gasteiger partial charge in [0.25, 0.3) is 0 Å². The molecule has 0 aliphatic heterocycles. The number of hydrogen-bond acceptors (Lipinski definition) is 3. The van der Waals surface area contributed by atoms with Crippen molar-refractivity contribution in [1.29, 1.82) is 0 Å². The maximum Gasteiger partial charge on any atom is 0.234 e. The molecule has 1 N–H and O–H groups in total. The van der Waals surface area contributed by atoms with E-state index in [1.54, 1.807) is 0 Å². The smallest absolute Gasteiger partial charge is 0.234 e. The number of alkyl halides is 1. The summed E-state index contributed by atoms with van der Waals surface area (Å²) in [6.45, 7) is 5.28. The van der Waals surface area contributed by atoms with Crippen molar-refractivity contribution in [2.75, 3.05) is 37.3 Å². The van der Waals surface area contributed by atoms with Crippen molar-refractivity contribution in [1.82, 2.24) is 10.2 Å². The zero-order chi connectivity index (χ0) is 26.2. The Balaban J connectivity index is 1.66. The number of carbonyl (C=O) groups excluding carboxylic acids is 1. The Labute approximate surface area is 236 Å². The molecule has 0 saturated carbocycles. The first-order valence-corrected chi connectivity index (χ1v) is 15.7. The zero-order valence-electron chi connectivity index (χ0n) is 22.1. The molecule has 5 heteroatoms. The van der Waals surface area contributed by atoms with Crippen LogP contribution in [-0.4, -0.2) is 48.1 Å². The van der Waals surface area contributed by atoms with Gasteiger partial charge in [0.2, 0.25) is 5.91 Å². The maximum atomic E-state index is 12.8. The molecule has 37 heavy (non-hydrogen) atoms. The number of nitrogens with zero attached hydrogens (tertiary/aromatic N) is 1. The maximum absolute atomic E-state index is 12.8. The minimum Gasteiger partial charge on any atom is -0.354 e. The van der Waals surface area contributed by atoms with Crippen LogP contribution in [0.3, 0.4) is 0 Å². The van der Waals surface area contributed by atoms with Crippen molar-refractivity contribution in [3.63, 3.8) is 0 Å². The molecular weight excluding hydrogens is 540 g/mol. The van der Waals surface area contributed by atoms with Gasteiger partial charge in [0.15, 0.2) is 0 Å². The SMILES string of the molecule is CCCN(CCCCCCBr)CC(=O)NCCSC(c1ccccc1)(c1ccccc1)c1ccccc1. The molecule has 0 aliphatic carbocycles. The topological polar surface area (TPSA) is 32.3 Å². The second-order valence-electron chi connectivity index (χ2n) is 9.36. The lowest BCUT2D eigenvalue weighted by atomic mass is 9.84. The molecule has 3 aromatic carbocycles. The highest BCUT2D eigenvalue weighted by atomic mass is 79.9. The third-order valence-corrected chi connectivity index (χ3v) is 8.66. The fourth-order valence-corrected chi connectivity index (χ4v) is 6.61. The van der Waals surface area contributed by atoms with Crippen LogP contribution in [0.4, 0.5) is 0 Å². The molecule has 3 nitrogen and oxygen atoms in total. The predicted octanol–water partition coefficient (Wildman–Crippen LogP) is 7.50. The number of thioether (sulfide) groups is 1. The minimum absolute atomic E-state index is 0.124. The number of nitrogens with one attached hydrogen (secondary N) is 1. The summed E-state index contributed by atoms with van der Waals surface area (Å²) in [5.41, 5.74) is 3.74. The molecule has 0 radical (unpaired) electrons. The van der Waals surface area contributed by atoms with Crippen LogP contribution >= 0.6 is 27.7 Å². The van der Waals surface area contributed by atoms with E-state index >= 15 is 0 Å². The van der Waals surface area contributed by atoms with Crippen molar-refractivity contribution in [2.24, 2.45) is 0 Å². The molecule has 0 unspecified atom stereocenters. The molecule has 0 saturated heterocycles. The van der Waals surface area contributed by atoms with Gasteiger partial charge >= 0.3 is 0 Å². The molecule has 0 spiro atoms. The van der Waals surface area contributed by atoms with Crippen molar-refractivity contribution < 1.29 is 4.79 Å². The van der Waals surface area contributed by atoms with Crippen molar-refractivity contribution in [2.45, 2.75) is 43.8 Å². The standard InChI is InChI=1S/C32H41BrN2OS/c1-2-24-35(25-15-4-3-14-22-33)27-31(36)34-23-26-37-32(28-16-8-5-9-17-28,29-18-10-6-11-19-29)30-20-12-7-13-21-30/h5-13,16-21H,2-4,14-15,22-27H2,1H3,(H,34,36). The van der Waals surface area contributed by atoms with Crippen molar-refractivity contribution in [3.05, 3.63) is 108 Å². The van der Waals surface area contributed by atoms with E-state index in [1.165, 1.54) is 36.0 Å². The fourth-order valence-electron chi connectivity index (χ4n) is 4.79. The average molecular weight is 582 g/mol. The summed E-state index contributed by atoms with van der Waals surface area (Å²) in [5.74, 6) is 0.935. The Bertz CT molecular complexity index is 920. The average Bonchev–Trinajstić information content (AvgIpc) is 2.94. The molecule has 198 valence electrons. The predicted molar refractivity (Wildman–Crippen MR) is 164 cm³/mol. The quantitative estimate of drug-likeness (QED) is 0.102. The van der Waals surface area contributed by atoms with E-state index < -0.39 is 0 Å². The van der Waals surface area contributed by atoms with Gasteiger partial charge in [-0.05, 0) is 49.0 Å². The van der Waals surface area contributed by atoms with Crippen LogP contribution in [0.1, 0.15) is 55.7 Å². The largest absolute Gasteiger partial charge is 0.354 e. The van der Waals surface area contributed by atoms with E-state index in [1.807, 2.05) is 11.8 Å². The molecule has 0 aromatic heterocycles. The molecule has 0 atom stereocenters. The summed E-state index contributed by atoms with van der Waals surface area (Å²) in [7, 11) is 0. The van der Waals surface area contributed by atoms with E-state index in [-0.39, 0.29) is 10.7 Å². The van der Waals surface area contributed by atoms with Crippen molar-refractivity contribution in [3.8, 4) is 0 Å². The van der Waals surface area contributed by atoms with E-state index in [0.717, 1.165) is 37.0 Å². The summed E-state index contributed by atoms with van der Waals surface area (Å²) >= 11 is 5.39. The molecule has 1 amide bonds. The Morgan fingerprint density at radius 3 is 1.78 bits per heavy atom. The highest BCUT2D eigenvalue weighted by Crippen LogP contribution is 2.48. The Morgan fingerprint density at radius 1 is 0.784 bits per heavy atom. The molecule has 0 aliphatic rings. The fraction of sp³-hybridized carbons (Fsp3) is 0.406. The summed E-state index contributed by atoms with van der Waals surface area (Å²) in [5, 5.41) is 4.28. The molecule has 0 heterocycles. The number of halogens is 1. The van der Waals surface area contributed by atoms with Crippen LogP contribution in [0.5, 0.6) is 0 Å². The van der Waals surface area contributed by atoms with Gasteiger partial charge in [-0.3, -0.25) is 9.69 Å². The lowest BCUT2D eigenvalue weighted by Crippen LogP contribution is -2.39. The third-order valence-electron chi connectivity index (χ3n) is 6.55. The number of carbonyl (C=O) groups is 1. The molecule has 3 aromatic rings. The number of benzene rings is 3. The first-order valence-electron chi connectivity index (χ1n) is 13.6. The van der Waals surface area contributed by atoms with Gasteiger partial charge in [-0.2, -0.15) is 0 Å². The monoisotopic (exact) mass is 580 g/mol. The minimum atomic E-state index is -0.349. The highest BCUT2D eigenvalue weighted by Gasteiger charge is 2.36. The van der Waals surface area contributed by atoms with E-state index in [0.29, 0.717) is 13.1 Å². The normalized spacial score (nSPS) is 11.5. The molecule has 0 fully saturated rings. The van der Waals surface area contributed by atoms with Gasteiger partial charge in [0.1, 0.15) is 0 Å². The summed E-state index contributed by atoms with van der Waals surface area (Å²) in [4.78, 5) is 15.1. The molecule has 0 bridgehead atoms. The van der Waals surface area contributed by atoms with E-state index in [9.17, 15) is 4.79 Å². The van der Waals surface area contributed by atoms with Crippen LogP contribution in [0.15, 0.2) is 91.0 Å². The van der Waals surface area contributed by atoms with Crippen LogP contribution in [0, 0.1) is 0 Å². The van der Waals surface area contributed by atoms with E-state index in [4.69, 9.17) is 0 Å². The van der Waals surface area contributed by atoms with Crippen molar-refractivity contribution >= 4 is 33.6 Å². The van der Waals surface area contributed by atoms with Crippen LogP contribution in [-0.2, 0) is 9.54 Å². The van der Waals surface area contributed by atoms with Gasteiger partial charge in [0.05, 0.1) is 11.3 Å². The number of rotatable bonds is 17. The highest BCUT2D eigenvalue weighted by molar-refractivity contribution is 9.09. The summed E-state index contributed by atoms with van der Waals surface area (Å²) in [6.07, 6.45) is 5.93. The third kappa shape index (κ3) is 9.01. The number of amides is 1. The zero-order valence-corrected chi connectivity index (χ0v) is 24.5. The Kier molecular flexibility index (Phi) is 13.3. The number of hydrogen-bond donors (Lipinski definition) is 1. The van der Waals surface area contributed by atoms with Crippen LogP contribution < -0.4 is 5.32 Å². The molecular formula is C32H41BrN2OS. The van der Waals surface area contributed by atoms with Gasteiger partial charge in [-0.1, -0.05) is 127 Å². The van der Waals surface area contributed by atoms with Gasteiger partial charge in [0, 0.05) is 17.6 Å². The first-order chi connectivity index (χ1) is 18.2. The second kappa shape index (κ2) is 16.7. The van der Waals surface area contributed by atoms with Crippen LogP contribution in [0.25, 0.3) is 0 Å². The van der Waals surface area contributed by atoms with E-state index in [2.05, 4.69) is 124 Å². The second-order valence-corrected chi connectivity index (χ2v) is 11.5. The lowest BCUT2D eigenvalue weighted by molar-refractivity contribution is -0.122.